The highest BCUT2D eigenvalue weighted by atomic mass is 28.1. The van der Waals surface area contributed by atoms with Crippen LogP contribution in [0.25, 0.3) is 0 Å². The van der Waals surface area contributed by atoms with Crippen molar-refractivity contribution in [1.82, 2.24) is 10.6 Å². The molecule has 0 saturated heterocycles. The molecule has 1 rings (SSSR count). The molecule has 0 fully saturated rings. The lowest BCUT2D eigenvalue weighted by molar-refractivity contribution is 0.303. The van der Waals surface area contributed by atoms with Gasteiger partial charge >= 0.3 is 0 Å². The van der Waals surface area contributed by atoms with Gasteiger partial charge in [-0.25, -0.2) is 0 Å². The molecule has 0 spiro atoms. The molecule has 2 nitrogen and oxygen atoms in total. The molecule has 81 valence electrons. The van der Waals surface area contributed by atoms with Crippen LogP contribution in [-0.2, 0) is 5.66 Å². The van der Waals surface area contributed by atoms with E-state index in [-0.39, 0.29) is 5.66 Å². The SMILES string of the molecule is CCNC(C)(NCC)c1ccccc1[Si]. The molecule has 0 saturated carbocycles. The zero-order valence-electron chi connectivity index (χ0n) is 9.72. The summed E-state index contributed by atoms with van der Waals surface area (Å²) in [6.07, 6.45) is 0. The summed E-state index contributed by atoms with van der Waals surface area (Å²) in [6.45, 7) is 8.27. The van der Waals surface area contributed by atoms with Crippen molar-refractivity contribution in [3.8, 4) is 0 Å². The largest absolute Gasteiger partial charge is 0.296 e. The third-order valence-electron chi connectivity index (χ3n) is 2.53. The van der Waals surface area contributed by atoms with E-state index in [9.17, 15) is 0 Å². The van der Waals surface area contributed by atoms with Crippen molar-refractivity contribution in [2.45, 2.75) is 26.4 Å². The van der Waals surface area contributed by atoms with Crippen molar-refractivity contribution in [3.05, 3.63) is 29.8 Å². The molecule has 0 heterocycles. The first-order valence-electron chi connectivity index (χ1n) is 5.45. The van der Waals surface area contributed by atoms with E-state index in [0.29, 0.717) is 0 Å². The summed E-state index contributed by atoms with van der Waals surface area (Å²) in [6, 6.07) is 8.29. The van der Waals surface area contributed by atoms with Crippen LogP contribution in [0.1, 0.15) is 26.3 Å². The summed E-state index contributed by atoms with van der Waals surface area (Å²) in [5.41, 5.74) is 1.08. The van der Waals surface area contributed by atoms with Gasteiger partial charge in [0.05, 0.1) is 15.9 Å². The van der Waals surface area contributed by atoms with Gasteiger partial charge in [0.1, 0.15) is 0 Å². The lowest BCUT2D eigenvalue weighted by Crippen LogP contribution is -2.53. The molecule has 0 atom stereocenters. The zero-order valence-corrected chi connectivity index (χ0v) is 10.7. The van der Waals surface area contributed by atoms with Crippen LogP contribution < -0.4 is 15.8 Å². The van der Waals surface area contributed by atoms with Crippen molar-refractivity contribution in [2.75, 3.05) is 13.1 Å². The van der Waals surface area contributed by atoms with Crippen molar-refractivity contribution in [1.29, 1.82) is 0 Å². The van der Waals surface area contributed by atoms with E-state index in [0.717, 1.165) is 18.3 Å². The van der Waals surface area contributed by atoms with Gasteiger partial charge in [0.2, 0.25) is 0 Å². The molecular formula is C12H19N2Si. The molecule has 0 aliphatic heterocycles. The smallest absolute Gasteiger partial charge is 0.0919 e. The molecule has 2 N–H and O–H groups in total. The molecule has 3 radical (unpaired) electrons. The number of hydrogen-bond acceptors (Lipinski definition) is 2. The van der Waals surface area contributed by atoms with Crippen LogP contribution in [0.15, 0.2) is 24.3 Å². The van der Waals surface area contributed by atoms with E-state index >= 15 is 0 Å². The first kappa shape index (κ1) is 12.4. The quantitative estimate of drug-likeness (QED) is 0.567. The summed E-state index contributed by atoms with van der Waals surface area (Å²) in [5, 5.41) is 8.08. The first-order chi connectivity index (χ1) is 7.14. The van der Waals surface area contributed by atoms with Crippen LogP contribution in [0.4, 0.5) is 0 Å². The summed E-state index contributed by atoms with van der Waals surface area (Å²) >= 11 is 0. The molecule has 0 aromatic heterocycles. The Morgan fingerprint density at radius 3 is 2.13 bits per heavy atom. The van der Waals surface area contributed by atoms with Gasteiger partial charge in [-0.05, 0) is 25.6 Å². The van der Waals surface area contributed by atoms with Crippen LogP contribution in [0.3, 0.4) is 0 Å². The minimum absolute atomic E-state index is 0.165. The molecule has 0 unspecified atom stereocenters. The van der Waals surface area contributed by atoms with E-state index in [1.54, 1.807) is 0 Å². The van der Waals surface area contributed by atoms with Gasteiger partial charge in [-0.2, -0.15) is 0 Å². The Balaban J connectivity index is 3.03. The van der Waals surface area contributed by atoms with E-state index in [4.69, 9.17) is 0 Å². The van der Waals surface area contributed by atoms with Crippen LogP contribution in [-0.4, -0.2) is 23.3 Å². The molecule has 0 bridgehead atoms. The van der Waals surface area contributed by atoms with E-state index < -0.39 is 0 Å². The molecule has 15 heavy (non-hydrogen) atoms. The molecule has 3 heteroatoms. The fourth-order valence-electron chi connectivity index (χ4n) is 1.88. The lowest BCUT2D eigenvalue weighted by atomic mass is 10.0. The third-order valence-corrected chi connectivity index (χ3v) is 2.96. The van der Waals surface area contributed by atoms with Crippen molar-refractivity contribution < 1.29 is 0 Å². The van der Waals surface area contributed by atoms with Gasteiger partial charge < -0.3 is 0 Å². The topological polar surface area (TPSA) is 24.1 Å². The maximum Gasteiger partial charge on any atom is 0.0919 e. The molecule has 1 aromatic rings. The second kappa shape index (κ2) is 5.44. The fourth-order valence-corrected chi connectivity index (χ4v) is 2.31. The number of rotatable bonds is 5. The summed E-state index contributed by atoms with van der Waals surface area (Å²) in [5.74, 6) is 0. The third kappa shape index (κ3) is 2.90. The fraction of sp³-hybridized carbons (Fsp3) is 0.500. The second-order valence-corrected chi connectivity index (χ2v) is 4.27. The second-order valence-electron chi connectivity index (χ2n) is 3.73. The Morgan fingerprint density at radius 1 is 1.13 bits per heavy atom. The standard InChI is InChI=1S/C12H19N2Si/c1-4-13-12(3,14-5-2)10-8-6-7-9-11(10)15/h6-9,13-14H,4-5H2,1-3H3. The van der Waals surface area contributed by atoms with Crippen LogP contribution >= 0.6 is 0 Å². The molecule has 0 amide bonds. The summed E-state index contributed by atoms with van der Waals surface area (Å²) in [7, 11) is 3.65. The maximum atomic E-state index is 3.65. The van der Waals surface area contributed by atoms with Crippen molar-refractivity contribution >= 4 is 15.4 Å². The van der Waals surface area contributed by atoms with Crippen LogP contribution in [0, 0.1) is 0 Å². The first-order valence-corrected chi connectivity index (χ1v) is 5.95. The van der Waals surface area contributed by atoms with Crippen molar-refractivity contribution in [3.63, 3.8) is 0 Å². The van der Waals surface area contributed by atoms with Gasteiger partial charge in [-0.1, -0.05) is 43.3 Å². The molecule has 0 aliphatic carbocycles. The predicted octanol–water partition coefficient (Wildman–Crippen LogP) is 0.872. The minimum Gasteiger partial charge on any atom is -0.296 e. The van der Waals surface area contributed by atoms with Gasteiger partial charge in [-0.15, -0.1) is 0 Å². The van der Waals surface area contributed by atoms with E-state index in [2.05, 4.69) is 59.8 Å². The Kier molecular flexibility index (Phi) is 4.51. The molecule has 1 aromatic carbocycles. The van der Waals surface area contributed by atoms with Gasteiger partial charge in [-0.3, -0.25) is 10.6 Å². The Bertz CT molecular complexity index is 306. The Morgan fingerprint density at radius 2 is 1.67 bits per heavy atom. The van der Waals surface area contributed by atoms with E-state index in [1.807, 2.05) is 6.07 Å². The van der Waals surface area contributed by atoms with Crippen molar-refractivity contribution in [2.24, 2.45) is 0 Å². The molecule has 0 aliphatic rings. The predicted molar refractivity (Wildman–Crippen MR) is 66.5 cm³/mol. The normalized spacial score (nSPS) is 11.7. The highest BCUT2D eigenvalue weighted by Gasteiger charge is 2.24. The van der Waals surface area contributed by atoms with Gasteiger partial charge in [0, 0.05) is 0 Å². The van der Waals surface area contributed by atoms with Crippen LogP contribution in [0.5, 0.6) is 0 Å². The minimum atomic E-state index is -0.165. The highest BCUT2D eigenvalue weighted by Crippen LogP contribution is 2.14. The van der Waals surface area contributed by atoms with E-state index in [1.165, 1.54) is 5.56 Å². The number of hydrogen-bond donors (Lipinski definition) is 2. The zero-order chi connectivity index (χ0) is 11.3. The summed E-state index contributed by atoms with van der Waals surface area (Å²) in [4.78, 5) is 0. The maximum absolute atomic E-state index is 3.65. The van der Waals surface area contributed by atoms with Gasteiger partial charge in [0.25, 0.3) is 0 Å². The Hall–Kier alpha value is -0.643. The Labute approximate surface area is 95.9 Å². The number of benzene rings is 1. The average molecular weight is 219 g/mol. The lowest BCUT2D eigenvalue weighted by Gasteiger charge is -2.33. The number of nitrogens with one attached hydrogen (secondary N) is 2. The molecular weight excluding hydrogens is 200 g/mol. The monoisotopic (exact) mass is 219 g/mol. The van der Waals surface area contributed by atoms with Crippen LogP contribution in [0.2, 0.25) is 0 Å². The average Bonchev–Trinajstić information content (AvgIpc) is 2.19. The highest BCUT2D eigenvalue weighted by molar-refractivity contribution is 6.33. The summed E-state index contributed by atoms with van der Waals surface area (Å²) < 4.78 is 0. The van der Waals surface area contributed by atoms with Gasteiger partial charge in [0.15, 0.2) is 0 Å².